The molecule has 0 saturated heterocycles. The molecule has 0 aliphatic rings. The van der Waals surface area contributed by atoms with E-state index < -0.39 is 0 Å². The van der Waals surface area contributed by atoms with Crippen molar-refractivity contribution < 1.29 is 9.21 Å². The van der Waals surface area contributed by atoms with Crippen LogP contribution in [0, 0.1) is 0 Å². The zero-order chi connectivity index (χ0) is 26.3. The molecular formula is C28H20Cl2N6O2. The van der Waals surface area contributed by atoms with Crippen LogP contribution in [0.15, 0.2) is 102 Å². The lowest BCUT2D eigenvalue weighted by Gasteiger charge is -2.12. The molecule has 0 spiro atoms. The Kier molecular flexibility index (Phi) is 7.63. The number of hydrogen-bond acceptors (Lipinski definition) is 8. The van der Waals surface area contributed by atoms with Gasteiger partial charge >= 0.3 is 0 Å². The third kappa shape index (κ3) is 6.76. The number of anilines is 6. The molecule has 5 rings (SSSR count). The fraction of sp³-hybridized carbons (Fsp3) is 0. The molecule has 0 saturated carbocycles. The second-order valence-corrected chi connectivity index (χ2v) is 8.86. The zero-order valence-corrected chi connectivity index (χ0v) is 21.2. The van der Waals surface area contributed by atoms with Crippen LogP contribution in [0.5, 0.6) is 0 Å². The maximum atomic E-state index is 12.5. The van der Waals surface area contributed by atoms with Gasteiger partial charge in [0.1, 0.15) is 5.76 Å². The van der Waals surface area contributed by atoms with Crippen molar-refractivity contribution in [3.63, 3.8) is 0 Å². The number of carbonyl (C=O) groups excluding carboxylic acids is 1. The maximum absolute atomic E-state index is 12.5. The van der Waals surface area contributed by atoms with E-state index in [0.717, 1.165) is 11.4 Å². The van der Waals surface area contributed by atoms with Gasteiger partial charge in [0.15, 0.2) is 5.78 Å². The number of carbonyl (C=O) groups is 1. The van der Waals surface area contributed by atoms with Crippen LogP contribution in [0.2, 0.25) is 10.0 Å². The third-order valence-electron chi connectivity index (χ3n) is 5.20. The molecule has 3 aromatic carbocycles. The van der Waals surface area contributed by atoms with E-state index in [0.29, 0.717) is 44.9 Å². The van der Waals surface area contributed by atoms with E-state index in [-0.39, 0.29) is 5.78 Å². The van der Waals surface area contributed by atoms with Crippen molar-refractivity contribution >= 4 is 70.0 Å². The molecular weight excluding hydrogens is 523 g/mol. The van der Waals surface area contributed by atoms with Gasteiger partial charge in [-0.05, 0) is 97.1 Å². The molecule has 188 valence electrons. The summed E-state index contributed by atoms with van der Waals surface area (Å²) in [6.45, 7) is 0. The SMILES string of the molecule is O=C(/C=C/c1ccco1)c1ccc(Nc2nc(Nc3ccc(Cl)cc3)nc(Nc3ccc(Cl)cc3)n2)cc1. The summed E-state index contributed by atoms with van der Waals surface area (Å²) in [5, 5.41) is 10.7. The molecule has 0 atom stereocenters. The molecule has 2 aromatic heterocycles. The van der Waals surface area contributed by atoms with E-state index >= 15 is 0 Å². The molecule has 0 radical (unpaired) electrons. The first-order chi connectivity index (χ1) is 18.5. The minimum atomic E-state index is -0.142. The lowest BCUT2D eigenvalue weighted by Crippen LogP contribution is -2.07. The molecule has 10 heteroatoms. The monoisotopic (exact) mass is 542 g/mol. The Morgan fingerprint density at radius 2 is 1.11 bits per heavy atom. The summed E-state index contributed by atoms with van der Waals surface area (Å²) < 4.78 is 5.22. The van der Waals surface area contributed by atoms with Crippen LogP contribution in [-0.4, -0.2) is 20.7 Å². The Morgan fingerprint density at radius 1 is 0.658 bits per heavy atom. The standard InChI is InChI=1S/C28H20Cl2N6O2/c29-19-5-11-22(12-6-19)32-27-34-26(35-28(36-27)33-23-13-7-20(30)8-14-23)31-21-9-3-18(4-10-21)25(37)16-15-24-2-1-17-38-24/h1-17H,(H3,31,32,33,34,35,36)/b16-15+. The van der Waals surface area contributed by atoms with Crippen LogP contribution in [0.3, 0.4) is 0 Å². The van der Waals surface area contributed by atoms with Crippen LogP contribution in [0.25, 0.3) is 6.08 Å². The van der Waals surface area contributed by atoms with E-state index in [9.17, 15) is 4.79 Å². The van der Waals surface area contributed by atoms with Crippen LogP contribution >= 0.6 is 23.2 Å². The minimum Gasteiger partial charge on any atom is -0.465 e. The second-order valence-electron chi connectivity index (χ2n) is 7.99. The molecule has 0 bridgehead atoms. The van der Waals surface area contributed by atoms with E-state index in [4.69, 9.17) is 27.6 Å². The summed E-state index contributed by atoms with van der Waals surface area (Å²) in [7, 11) is 0. The average molecular weight is 543 g/mol. The highest BCUT2D eigenvalue weighted by Gasteiger charge is 2.10. The zero-order valence-electron chi connectivity index (χ0n) is 19.7. The molecule has 0 unspecified atom stereocenters. The van der Waals surface area contributed by atoms with Gasteiger partial charge in [0.2, 0.25) is 17.8 Å². The first-order valence-corrected chi connectivity index (χ1v) is 12.2. The number of benzene rings is 3. The molecule has 3 N–H and O–H groups in total. The highest BCUT2D eigenvalue weighted by Crippen LogP contribution is 2.23. The fourth-order valence-electron chi connectivity index (χ4n) is 3.36. The lowest BCUT2D eigenvalue weighted by molar-refractivity contribution is 0.104. The summed E-state index contributed by atoms with van der Waals surface area (Å²) in [4.78, 5) is 25.9. The highest BCUT2D eigenvalue weighted by molar-refractivity contribution is 6.30. The molecule has 8 nitrogen and oxygen atoms in total. The summed E-state index contributed by atoms with van der Waals surface area (Å²) in [6, 6.07) is 24.9. The number of aromatic nitrogens is 3. The van der Waals surface area contributed by atoms with Crippen LogP contribution in [-0.2, 0) is 0 Å². The van der Waals surface area contributed by atoms with Crippen LogP contribution in [0.4, 0.5) is 34.9 Å². The number of rotatable bonds is 9. The van der Waals surface area contributed by atoms with E-state index in [2.05, 4.69) is 30.9 Å². The molecule has 0 fully saturated rings. The smallest absolute Gasteiger partial charge is 0.233 e. The number of furan rings is 1. The molecule has 38 heavy (non-hydrogen) atoms. The quantitative estimate of drug-likeness (QED) is 0.127. The van der Waals surface area contributed by atoms with Gasteiger partial charge in [-0.2, -0.15) is 15.0 Å². The van der Waals surface area contributed by atoms with Gasteiger partial charge in [0.25, 0.3) is 0 Å². The van der Waals surface area contributed by atoms with Crippen molar-refractivity contribution in [3.8, 4) is 0 Å². The van der Waals surface area contributed by atoms with Crippen molar-refractivity contribution in [2.75, 3.05) is 16.0 Å². The molecule has 2 heterocycles. The van der Waals surface area contributed by atoms with Crippen molar-refractivity contribution in [2.45, 2.75) is 0 Å². The predicted octanol–water partition coefficient (Wildman–Crippen LogP) is 7.90. The van der Waals surface area contributed by atoms with Gasteiger partial charge < -0.3 is 20.4 Å². The summed E-state index contributed by atoms with van der Waals surface area (Å²) in [5.41, 5.74) is 2.74. The van der Waals surface area contributed by atoms with E-state index in [1.54, 1.807) is 73.0 Å². The second kappa shape index (κ2) is 11.6. The number of ketones is 1. The minimum absolute atomic E-state index is 0.142. The molecule has 0 amide bonds. The highest BCUT2D eigenvalue weighted by atomic mass is 35.5. The van der Waals surface area contributed by atoms with Gasteiger partial charge in [-0.3, -0.25) is 4.79 Å². The number of nitrogens with one attached hydrogen (secondary N) is 3. The first-order valence-electron chi connectivity index (χ1n) is 11.4. The average Bonchev–Trinajstić information content (AvgIpc) is 3.44. The Morgan fingerprint density at radius 3 is 1.53 bits per heavy atom. The largest absolute Gasteiger partial charge is 0.465 e. The Balaban J connectivity index is 1.36. The number of halogens is 2. The molecule has 0 aliphatic heterocycles. The predicted molar refractivity (Wildman–Crippen MR) is 151 cm³/mol. The van der Waals surface area contributed by atoms with Gasteiger partial charge in [-0.1, -0.05) is 23.2 Å². The topological polar surface area (TPSA) is 105 Å². The maximum Gasteiger partial charge on any atom is 0.233 e. The molecule has 5 aromatic rings. The Labute approximate surface area is 228 Å². The number of hydrogen-bond donors (Lipinski definition) is 3. The van der Waals surface area contributed by atoms with E-state index in [1.165, 1.54) is 6.08 Å². The lowest BCUT2D eigenvalue weighted by atomic mass is 10.1. The van der Waals surface area contributed by atoms with Crippen molar-refractivity contribution in [2.24, 2.45) is 0 Å². The summed E-state index contributed by atoms with van der Waals surface area (Å²) in [5.74, 6) is 1.39. The fourth-order valence-corrected chi connectivity index (χ4v) is 3.61. The normalized spacial score (nSPS) is 10.9. The first kappa shape index (κ1) is 25.0. The summed E-state index contributed by atoms with van der Waals surface area (Å²) in [6.07, 6.45) is 4.65. The van der Waals surface area contributed by atoms with Gasteiger partial charge in [0, 0.05) is 32.7 Å². The van der Waals surface area contributed by atoms with Gasteiger partial charge in [-0.15, -0.1) is 0 Å². The van der Waals surface area contributed by atoms with Crippen molar-refractivity contribution in [1.29, 1.82) is 0 Å². The third-order valence-corrected chi connectivity index (χ3v) is 5.71. The van der Waals surface area contributed by atoms with Crippen molar-refractivity contribution in [1.82, 2.24) is 15.0 Å². The van der Waals surface area contributed by atoms with Gasteiger partial charge in [-0.25, -0.2) is 0 Å². The van der Waals surface area contributed by atoms with Crippen LogP contribution in [0.1, 0.15) is 16.1 Å². The van der Waals surface area contributed by atoms with Gasteiger partial charge in [0.05, 0.1) is 6.26 Å². The Bertz CT molecular complexity index is 1490. The van der Waals surface area contributed by atoms with Crippen LogP contribution < -0.4 is 16.0 Å². The Hall–Kier alpha value is -4.66. The number of nitrogens with zero attached hydrogens (tertiary/aromatic N) is 3. The summed E-state index contributed by atoms with van der Waals surface area (Å²) >= 11 is 12.0. The molecule has 0 aliphatic carbocycles. The van der Waals surface area contributed by atoms with Crippen molar-refractivity contribution in [3.05, 3.63) is 119 Å². The van der Waals surface area contributed by atoms with E-state index in [1.807, 2.05) is 24.3 Å². The number of allylic oxidation sites excluding steroid dienone is 1.